The molecular weight excluding hydrogens is 564 g/mol. The minimum Gasteiger partial charge on any atom is -0.382 e. The lowest BCUT2D eigenvalue weighted by molar-refractivity contribution is -0.0205. The molecule has 0 radical (unpaired) electrons. The number of hydrogen-bond donors (Lipinski definition) is 2. The topological polar surface area (TPSA) is 178 Å². The molecule has 5 aromatic heterocycles. The molecule has 3 fully saturated rings. The number of rotatable bonds is 5. The molecule has 13 nitrogen and oxygen atoms in total. The van der Waals surface area contributed by atoms with Crippen LogP contribution in [0.25, 0.3) is 27.5 Å². The Kier molecular flexibility index (Phi) is 5.73. The number of pyridine rings is 1. The molecule has 7 heterocycles. The van der Waals surface area contributed by atoms with Crippen molar-refractivity contribution in [3.05, 3.63) is 52.9 Å². The smallest absolute Gasteiger partial charge is 0.294 e. The van der Waals surface area contributed by atoms with Crippen LogP contribution in [0.1, 0.15) is 53.0 Å². The van der Waals surface area contributed by atoms with Gasteiger partial charge in [-0.25, -0.2) is 23.4 Å². The zero-order valence-corrected chi connectivity index (χ0v) is 24.1. The van der Waals surface area contributed by atoms with Crippen LogP contribution in [-0.2, 0) is 9.84 Å². The third-order valence-electron chi connectivity index (χ3n) is 7.80. The van der Waals surface area contributed by atoms with Crippen molar-refractivity contribution in [1.29, 1.82) is 0 Å². The number of nitrogens with one attached hydrogen (secondary N) is 1. The minimum atomic E-state index is -3.74. The quantitative estimate of drug-likeness (QED) is 0.309. The summed E-state index contributed by atoms with van der Waals surface area (Å²) in [6.45, 7) is 3.68. The molecule has 15 heteroatoms. The van der Waals surface area contributed by atoms with Crippen LogP contribution < -0.4 is 5.73 Å². The Morgan fingerprint density at radius 2 is 1.88 bits per heavy atom. The molecule has 0 aromatic carbocycles. The lowest BCUT2D eigenvalue weighted by atomic mass is 9.72. The van der Waals surface area contributed by atoms with Gasteiger partial charge in [-0.1, -0.05) is 6.07 Å². The van der Waals surface area contributed by atoms with Crippen molar-refractivity contribution in [2.45, 2.75) is 56.0 Å². The van der Waals surface area contributed by atoms with E-state index in [1.807, 2.05) is 29.3 Å². The maximum Gasteiger partial charge on any atom is 0.294 e. The number of piperidine rings is 1. The molecule has 5 aromatic rings. The van der Waals surface area contributed by atoms with E-state index < -0.39 is 9.84 Å². The van der Waals surface area contributed by atoms with Crippen LogP contribution in [-0.4, -0.2) is 77.3 Å². The number of nitrogens with zero attached hydrogens (tertiary/aromatic N) is 8. The van der Waals surface area contributed by atoms with Gasteiger partial charge in [-0.15, -0.1) is 16.4 Å². The molecule has 1 aliphatic carbocycles. The van der Waals surface area contributed by atoms with Crippen molar-refractivity contribution < 1.29 is 13.2 Å². The lowest BCUT2D eigenvalue weighted by Crippen LogP contribution is -2.62. The number of anilines is 1. The van der Waals surface area contributed by atoms with Gasteiger partial charge in [0.15, 0.2) is 15.5 Å². The monoisotopic (exact) mass is 590 g/mol. The average Bonchev–Trinajstić information content (AvgIpc) is 3.68. The molecule has 3 aliphatic rings. The van der Waals surface area contributed by atoms with Gasteiger partial charge in [0.1, 0.15) is 21.5 Å². The molecular formula is C26H26N10O3S2. The highest BCUT2D eigenvalue weighted by Gasteiger charge is 2.50. The zero-order valence-electron chi connectivity index (χ0n) is 22.4. The molecule has 2 saturated heterocycles. The van der Waals surface area contributed by atoms with Crippen LogP contribution in [0.3, 0.4) is 0 Å². The van der Waals surface area contributed by atoms with E-state index in [2.05, 4.69) is 30.2 Å². The van der Waals surface area contributed by atoms with Crippen molar-refractivity contribution in [1.82, 2.24) is 44.6 Å². The third kappa shape index (κ3) is 4.18. The van der Waals surface area contributed by atoms with E-state index in [0.29, 0.717) is 35.6 Å². The first kappa shape index (κ1) is 25.7. The average molecular weight is 591 g/mol. The van der Waals surface area contributed by atoms with Gasteiger partial charge >= 0.3 is 0 Å². The van der Waals surface area contributed by atoms with E-state index in [-0.39, 0.29) is 40.4 Å². The summed E-state index contributed by atoms with van der Waals surface area (Å²) in [4.78, 5) is 33.0. The number of fused-ring (bicyclic) bond motifs is 3. The highest BCUT2D eigenvalue weighted by atomic mass is 32.2. The number of aromatic amines is 1. The molecule has 1 unspecified atom stereocenters. The zero-order chi connectivity index (χ0) is 28.6. The Morgan fingerprint density at radius 3 is 2.49 bits per heavy atom. The summed E-state index contributed by atoms with van der Waals surface area (Å²) >= 11 is 1.53. The van der Waals surface area contributed by atoms with Crippen molar-refractivity contribution >= 4 is 38.5 Å². The summed E-state index contributed by atoms with van der Waals surface area (Å²) in [6, 6.07) is 3.68. The fourth-order valence-electron chi connectivity index (χ4n) is 6.01. The summed E-state index contributed by atoms with van der Waals surface area (Å²) in [5.41, 5.74) is 10.5. The molecule has 3 atom stereocenters. The Balaban J connectivity index is 1.25. The second-order valence-electron chi connectivity index (χ2n) is 10.7. The Morgan fingerprint density at radius 1 is 1.10 bits per heavy atom. The number of sulfone groups is 1. The SMILES string of the molecule is Cc1csc(-c2ccc(-c3cnn4c(N)c(S(C)(=O)=O)c(C5C[C@@H]6C[C@H](C5)N6C(=O)c5n[nH]c(C)n5)nc34)cn2)n1. The van der Waals surface area contributed by atoms with E-state index in [1.165, 1.54) is 15.9 Å². The molecule has 0 spiro atoms. The van der Waals surface area contributed by atoms with E-state index in [4.69, 9.17) is 10.7 Å². The number of amides is 1. The molecule has 1 amide bonds. The first-order valence-electron chi connectivity index (χ1n) is 13.1. The molecule has 2 bridgehead atoms. The minimum absolute atomic E-state index is 0.0129. The van der Waals surface area contributed by atoms with Crippen LogP contribution >= 0.6 is 11.3 Å². The predicted molar refractivity (Wildman–Crippen MR) is 151 cm³/mol. The van der Waals surface area contributed by atoms with Gasteiger partial charge < -0.3 is 10.6 Å². The summed E-state index contributed by atoms with van der Waals surface area (Å²) in [7, 11) is -3.74. The van der Waals surface area contributed by atoms with E-state index in [9.17, 15) is 13.2 Å². The third-order valence-corrected chi connectivity index (χ3v) is 9.94. The number of aryl methyl sites for hydroxylation is 2. The van der Waals surface area contributed by atoms with Crippen molar-refractivity contribution in [2.75, 3.05) is 12.0 Å². The van der Waals surface area contributed by atoms with Gasteiger partial charge in [0, 0.05) is 52.7 Å². The summed E-state index contributed by atoms with van der Waals surface area (Å²) in [6.07, 6.45) is 6.44. The lowest BCUT2D eigenvalue weighted by Gasteiger charge is -2.54. The van der Waals surface area contributed by atoms with Crippen LogP contribution in [0.4, 0.5) is 5.82 Å². The number of H-pyrrole nitrogens is 1. The number of carbonyl (C=O) groups is 1. The van der Waals surface area contributed by atoms with Gasteiger partial charge in [0.2, 0.25) is 5.82 Å². The van der Waals surface area contributed by atoms with Crippen LogP contribution in [0.5, 0.6) is 0 Å². The van der Waals surface area contributed by atoms with Crippen LogP contribution in [0, 0.1) is 13.8 Å². The van der Waals surface area contributed by atoms with Gasteiger partial charge in [-0.2, -0.15) is 9.61 Å². The maximum atomic E-state index is 13.1. The van der Waals surface area contributed by atoms with Gasteiger partial charge in [-0.05, 0) is 39.2 Å². The normalized spacial score (nSPS) is 20.4. The summed E-state index contributed by atoms with van der Waals surface area (Å²) in [5.74, 6) is 0.310. The number of nitrogen functional groups attached to an aromatic ring is 1. The van der Waals surface area contributed by atoms with Crippen molar-refractivity contribution in [3.8, 4) is 21.8 Å². The second kappa shape index (κ2) is 9.14. The standard InChI is InChI=1S/C26H26N10O3S2/c1-12-11-40-25(30-12)19-5-4-14(9-28-19)18-10-29-36-22(27)21(41(3,38)39)20(32-24(18)36)15-6-16-8-17(7-15)35(16)26(37)23-31-13(2)33-34-23/h4-5,9-11,15-17H,6-8,27H2,1-3H3,(H,31,33,34)/t15?,16-,17+. The maximum absolute atomic E-state index is 13.1. The van der Waals surface area contributed by atoms with Crippen molar-refractivity contribution in [2.24, 2.45) is 0 Å². The molecule has 3 N–H and O–H groups in total. The Bertz CT molecular complexity index is 1930. The number of thiazole rings is 1. The second-order valence-corrected chi connectivity index (χ2v) is 13.5. The Hall–Kier alpha value is -4.24. The molecule has 41 heavy (non-hydrogen) atoms. The highest BCUT2D eigenvalue weighted by Crippen LogP contribution is 2.47. The van der Waals surface area contributed by atoms with Crippen molar-refractivity contribution in [3.63, 3.8) is 0 Å². The predicted octanol–water partition coefficient (Wildman–Crippen LogP) is 2.80. The van der Waals surface area contributed by atoms with E-state index in [0.717, 1.165) is 34.6 Å². The number of hydrogen-bond acceptors (Lipinski definition) is 11. The van der Waals surface area contributed by atoms with Gasteiger partial charge in [-0.3, -0.25) is 14.9 Å². The molecule has 1 saturated carbocycles. The van der Waals surface area contributed by atoms with Crippen LogP contribution in [0.2, 0.25) is 0 Å². The fourth-order valence-corrected chi connectivity index (χ4v) is 7.84. The van der Waals surface area contributed by atoms with E-state index >= 15 is 0 Å². The summed E-state index contributed by atoms with van der Waals surface area (Å²) in [5, 5.41) is 13.9. The van der Waals surface area contributed by atoms with Crippen LogP contribution in [0.15, 0.2) is 34.8 Å². The first-order chi connectivity index (χ1) is 19.6. The Labute approximate surface area is 238 Å². The fraction of sp³-hybridized carbons (Fsp3) is 0.346. The highest BCUT2D eigenvalue weighted by molar-refractivity contribution is 7.91. The number of aromatic nitrogens is 8. The molecule has 210 valence electrons. The van der Waals surface area contributed by atoms with Gasteiger partial charge in [0.05, 0.1) is 17.6 Å². The number of nitrogens with two attached hydrogens (primary N) is 1. The molecule has 8 rings (SSSR count). The largest absolute Gasteiger partial charge is 0.382 e. The van der Waals surface area contributed by atoms with E-state index in [1.54, 1.807) is 19.3 Å². The molecule has 2 aliphatic heterocycles. The summed E-state index contributed by atoms with van der Waals surface area (Å²) < 4.78 is 27.4. The number of carbonyl (C=O) groups excluding carboxylic acids is 1. The first-order valence-corrected chi connectivity index (χ1v) is 15.8. The van der Waals surface area contributed by atoms with Gasteiger partial charge in [0.25, 0.3) is 5.91 Å².